The molecule has 1 saturated heterocycles. The van der Waals surface area contributed by atoms with Crippen molar-refractivity contribution in [2.45, 2.75) is 19.3 Å². The summed E-state index contributed by atoms with van der Waals surface area (Å²) in [5.74, 6) is 1.25. The van der Waals surface area contributed by atoms with Crippen molar-refractivity contribution in [3.63, 3.8) is 0 Å². The monoisotopic (exact) mass is 416 g/mol. The average Bonchev–Trinajstić information content (AvgIpc) is 3.30. The molecule has 2 aromatic carbocycles. The van der Waals surface area contributed by atoms with Crippen molar-refractivity contribution in [1.29, 1.82) is 0 Å². The average molecular weight is 416 g/mol. The van der Waals surface area contributed by atoms with Gasteiger partial charge >= 0.3 is 5.63 Å². The van der Waals surface area contributed by atoms with Gasteiger partial charge in [-0.05, 0) is 44.5 Å². The predicted octanol–water partition coefficient (Wildman–Crippen LogP) is 3.85. The lowest BCUT2D eigenvalue weighted by atomic mass is 10.1. The maximum absolute atomic E-state index is 12.6. The van der Waals surface area contributed by atoms with Gasteiger partial charge in [0, 0.05) is 23.6 Å². The Morgan fingerprint density at radius 3 is 2.68 bits per heavy atom. The highest BCUT2D eigenvalue weighted by molar-refractivity contribution is 6.05. The molecule has 0 saturated carbocycles. The first-order chi connectivity index (χ1) is 15.2. The fourth-order valence-corrected chi connectivity index (χ4v) is 4.10. The maximum Gasteiger partial charge on any atom is 0.349 e. The number of benzene rings is 2. The minimum Gasteiger partial charge on any atom is -0.493 e. The van der Waals surface area contributed by atoms with E-state index in [-0.39, 0.29) is 11.2 Å². The van der Waals surface area contributed by atoms with Gasteiger partial charge in [0.25, 0.3) is 0 Å². The van der Waals surface area contributed by atoms with Gasteiger partial charge < -0.3 is 19.8 Å². The Kier molecular flexibility index (Phi) is 5.26. The molecule has 0 aliphatic carbocycles. The van der Waals surface area contributed by atoms with Crippen LogP contribution in [-0.4, -0.2) is 41.1 Å². The van der Waals surface area contributed by atoms with Crippen LogP contribution >= 0.6 is 0 Å². The number of anilines is 1. The molecule has 0 amide bonds. The summed E-state index contributed by atoms with van der Waals surface area (Å²) in [5.41, 5.74) is 7.30. The van der Waals surface area contributed by atoms with E-state index in [1.165, 1.54) is 25.9 Å². The SMILES string of the molecule is Nc1nc(-c2ccccc2)nc2c1c(=O)oc1cc(OCCCN3CCCC3)ccc12. The Morgan fingerprint density at radius 2 is 1.87 bits per heavy atom. The number of hydrogen-bond donors (Lipinski definition) is 1. The Balaban J connectivity index is 1.46. The summed E-state index contributed by atoms with van der Waals surface area (Å²) in [6, 6.07) is 15.0. The quantitative estimate of drug-likeness (QED) is 0.290. The summed E-state index contributed by atoms with van der Waals surface area (Å²) < 4.78 is 11.4. The van der Waals surface area contributed by atoms with Gasteiger partial charge in [-0.1, -0.05) is 30.3 Å². The fraction of sp³-hybridized carbons (Fsp3) is 0.292. The van der Waals surface area contributed by atoms with Crippen LogP contribution in [0.3, 0.4) is 0 Å². The fourth-order valence-electron chi connectivity index (χ4n) is 4.10. The molecule has 4 aromatic rings. The first-order valence-corrected chi connectivity index (χ1v) is 10.6. The van der Waals surface area contributed by atoms with Gasteiger partial charge in [0.2, 0.25) is 0 Å². The molecule has 2 N–H and O–H groups in total. The number of hydrogen-bond acceptors (Lipinski definition) is 7. The molecule has 7 heteroatoms. The zero-order valence-corrected chi connectivity index (χ0v) is 17.2. The van der Waals surface area contributed by atoms with E-state index in [2.05, 4.69) is 14.9 Å². The van der Waals surface area contributed by atoms with E-state index in [9.17, 15) is 4.79 Å². The molecule has 158 valence electrons. The number of nitrogens with zero attached hydrogens (tertiary/aromatic N) is 3. The summed E-state index contributed by atoms with van der Waals surface area (Å²) in [4.78, 5) is 24.0. The summed E-state index contributed by atoms with van der Waals surface area (Å²) >= 11 is 0. The standard InChI is InChI=1S/C24H24N4O3/c25-22-20-21(26-23(27-22)16-7-2-1-3-8-16)18-10-9-17(15-19(18)31-24(20)29)30-14-6-13-28-11-4-5-12-28/h1-3,7-10,15H,4-6,11-14H2,(H2,25,26,27). The van der Waals surface area contributed by atoms with Crippen LogP contribution in [0.25, 0.3) is 33.3 Å². The van der Waals surface area contributed by atoms with Gasteiger partial charge in [-0.2, -0.15) is 0 Å². The van der Waals surface area contributed by atoms with Crippen LogP contribution in [-0.2, 0) is 0 Å². The van der Waals surface area contributed by atoms with Crippen LogP contribution in [0, 0.1) is 0 Å². The van der Waals surface area contributed by atoms with Crippen molar-refractivity contribution in [2.75, 3.05) is 32.0 Å². The first kappa shape index (κ1) is 19.5. The van der Waals surface area contributed by atoms with Crippen molar-refractivity contribution < 1.29 is 9.15 Å². The third-order valence-corrected chi connectivity index (χ3v) is 5.67. The summed E-state index contributed by atoms with van der Waals surface area (Å²) in [6.45, 7) is 4.03. The van der Waals surface area contributed by atoms with Crippen LogP contribution in [0.4, 0.5) is 5.82 Å². The van der Waals surface area contributed by atoms with Crippen LogP contribution < -0.4 is 16.1 Å². The number of nitrogens with two attached hydrogens (primary N) is 1. The Bertz CT molecular complexity index is 1280. The molecule has 7 nitrogen and oxygen atoms in total. The van der Waals surface area contributed by atoms with E-state index in [0.29, 0.717) is 34.7 Å². The highest BCUT2D eigenvalue weighted by atomic mass is 16.5. The second-order valence-electron chi connectivity index (χ2n) is 7.82. The summed E-state index contributed by atoms with van der Waals surface area (Å²) in [6.07, 6.45) is 3.54. The molecule has 0 atom stereocenters. The minimum absolute atomic E-state index is 0.113. The van der Waals surface area contributed by atoms with Crippen molar-refractivity contribution in [2.24, 2.45) is 0 Å². The normalized spacial score (nSPS) is 14.5. The van der Waals surface area contributed by atoms with Crippen molar-refractivity contribution in [1.82, 2.24) is 14.9 Å². The van der Waals surface area contributed by atoms with E-state index in [1.807, 2.05) is 42.5 Å². The van der Waals surface area contributed by atoms with Crippen molar-refractivity contribution >= 4 is 27.7 Å². The second kappa shape index (κ2) is 8.35. The molecule has 1 fully saturated rings. The lowest BCUT2D eigenvalue weighted by molar-refractivity contribution is 0.263. The number of aromatic nitrogens is 2. The molecule has 1 aliphatic rings. The van der Waals surface area contributed by atoms with E-state index in [1.54, 1.807) is 6.07 Å². The van der Waals surface area contributed by atoms with Gasteiger partial charge in [0.1, 0.15) is 22.5 Å². The minimum atomic E-state index is -0.550. The molecule has 2 aromatic heterocycles. The Labute approximate surface area is 179 Å². The lowest BCUT2D eigenvalue weighted by Gasteiger charge is -2.14. The van der Waals surface area contributed by atoms with Gasteiger partial charge in [-0.25, -0.2) is 14.8 Å². The topological polar surface area (TPSA) is 94.5 Å². The maximum atomic E-state index is 12.6. The highest BCUT2D eigenvalue weighted by Crippen LogP contribution is 2.29. The second-order valence-corrected chi connectivity index (χ2v) is 7.82. The molecular weight excluding hydrogens is 392 g/mol. The third kappa shape index (κ3) is 3.96. The summed E-state index contributed by atoms with van der Waals surface area (Å²) in [5, 5.41) is 0.900. The van der Waals surface area contributed by atoms with E-state index in [0.717, 1.165) is 18.5 Å². The first-order valence-electron chi connectivity index (χ1n) is 10.6. The Morgan fingerprint density at radius 1 is 1.06 bits per heavy atom. The largest absolute Gasteiger partial charge is 0.493 e. The number of ether oxygens (including phenoxy) is 1. The number of nitrogen functional groups attached to an aromatic ring is 1. The van der Waals surface area contributed by atoms with Crippen LogP contribution in [0.1, 0.15) is 19.3 Å². The molecule has 0 unspecified atom stereocenters. The molecule has 1 aliphatic heterocycles. The lowest BCUT2D eigenvalue weighted by Crippen LogP contribution is -2.21. The zero-order chi connectivity index (χ0) is 21.2. The molecule has 0 radical (unpaired) electrons. The van der Waals surface area contributed by atoms with Crippen LogP contribution in [0.2, 0.25) is 0 Å². The number of fused-ring (bicyclic) bond motifs is 3. The summed E-state index contributed by atoms with van der Waals surface area (Å²) in [7, 11) is 0. The number of likely N-dealkylation sites (tertiary alicyclic amines) is 1. The van der Waals surface area contributed by atoms with Crippen molar-refractivity contribution in [3.8, 4) is 17.1 Å². The van der Waals surface area contributed by atoms with Crippen LogP contribution in [0.5, 0.6) is 5.75 Å². The molecule has 3 heterocycles. The Hall–Kier alpha value is -3.45. The zero-order valence-electron chi connectivity index (χ0n) is 17.2. The van der Waals surface area contributed by atoms with Gasteiger partial charge in [0.15, 0.2) is 5.82 Å². The van der Waals surface area contributed by atoms with Gasteiger partial charge in [-0.15, -0.1) is 0 Å². The third-order valence-electron chi connectivity index (χ3n) is 5.67. The highest BCUT2D eigenvalue weighted by Gasteiger charge is 2.16. The molecule has 31 heavy (non-hydrogen) atoms. The molecule has 5 rings (SSSR count). The van der Waals surface area contributed by atoms with Gasteiger partial charge in [-0.3, -0.25) is 0 Å². The molecule has 0 spiro atoms. The van der Waals surface area contributed by atoms with Crippen LogP contribution in [0.15, 0.2) is 57.7 Å². The van der Waals surface area contributed by atoms with E-state index in [4.69, 9.17) is 14.9 Å². The predicted molar refractivity (Wildman–Crippen MR) is 121 cm³/mol. The molecular formula is C24H24N4O3. The molecule has 0 bridgehead atoms. The van der Waals surface area contributed by atoms with Crippen molar-refractivity contribution in [3.05, 3.63) is 59.0 Å². The van der Waals surface area contributed by atoms with E-state index < -0.39 is 5.63 Å². The van der Waals surface area contributed by atoms with Gasteiger partial charge in [0.05, 0.1) is 12.1 Å². The smallest absolute Gasteiger partial charge is 0.349 e. The number of rotatable bonds is 6. The van der Waals surface area contributed by atoms with E-state index >= 15 is 0 Å².